The van der Waals surface area contributed by atoms with E-state index in [4.69, 9.17) is 16.3 Å². The number of rotatable bonds is 6. The molecule has 1 saturated carbocycles. The maximum absolute atomic E-state index is 5.79. The van der Waals surface area contributed by atoms with E-state index >= 15 is 0 Å². The van der Waals surface area contributed by atoms with Gasteiger partial charge in [-0.3, -0.25) is 0 Å². The fourth-order valence-electron chi connectivity index (χ4n) is 2.15. The first-order chi connectivity index (χ1) is 8.36. The molecule has 0 aromatic carbocycles. The quantitative estimate of drug-likeness (QED) is 0.730. The Labute approximate surface area is 108 Å². The normalized spacial score (nSPS) is 15.4. The van der Waals surface area contributed by atoms with Crippen LogP contribution >= 0.6 is 11.6 Å². The molecular formula is C13H19ClN2O. The summed E-state index contributed by atoms with van der Waals surface area (Å²) in [7, 11) is 1.70. The fourth-order valence-corrected chi connectivity index (χ4v) is 2.27. The van der Waals surface area contributed by atoms with Crippen molar-refractivity contribution in [2.24, 2.45) is 0 Å². The predicted molar refractivity (Wildman–Crippen MR) is 71.1 cm³/mol. The van der Waals surface area contributed by atoms with Crippen molar-refractivity contribution in [1.82, 2.24) is 4.98 Å². The van der Waals surface area contributed by atoms with Crippen molar-refractivity contribution in [2.45, 2.75) is 31.7 Å². The van der Waals surface area contributed by atoms with E-state index in [-0.39, 0.29) is 0 Å². The van der Waals surface area contributed by atoms with Crippen LogP contribution in [0.5, 0.6) is 5.75 Å². The van der Waals surface area contributed by atoms with Crippen LogP contribution in [0.3, 0.4) is 0 Å². The lowest BCUT2D eigenvalue weighted by molar-refractivity contribution is 0.371. The fraction of sp³-hybridized carbons (Fsp3) is 0.615. The topological polar surface area (TPSA) is 25.4 Å². The average molecular weight is 255 g/mol. The van der Waals surface area contributed by atoms with E-state index in [0.717, 1.165) is 24.5 Å². The standard InChI is InChI=1S/C13H19ClN2O/c1-17-12-7-3-9-15-13(12)16(10-4-8-14)11-5-2-6-11/h3,7,9,11H,2,4-6,8,10H2,1H3. The third-order valence-corrected chi connectivity index (χ3v) is 3.56. The first kappa shape index (κ1) is 12.5. The lowest BCUT2D eigenvalue weighted by Crippen LogP contribution is -2.41. The van der Waals surface area contributed by atoms with Crippen LogP contribution in [0.25, 0.3) is 0 Å². The molecule has 0 radical (unpaired) electrons. The maximum atomic E-state index is 5.79. The van der Waals surface area contributed by atoms with Crippen LogP contribution < -0.4 is 9.64 Å². The zero-order valence-corrected chi connectivity index (χ0v) is 11.0. The molecule has 4 heteroatoms. The monoisotopic (exact) mass is 254 g/mol. The van der Waals surface area contributed by atoms with E-state index in [1.54, 1.807) is 7.11 Å². The average Bonchev–Trinajstić information content (AvgIpc) is 2.32. The molecule has 94 valence electrons. The second-order valence-corrected chi connectivity index (χ2v) is 4.73. The Hall–Kier alpha value is -0.960. The van der Waals surface area contributed by atoms with Gasteiger partial charge in [-0.25, -0.2) is 4.98 Å². The number of aromatic nitrogens is 1. The summed E-state index contributed by atoms with van der Waals surface area (Å²) in [6.45, 7) is 0.960. The van der Waals surface area contributed by atoms with Gasteiger partial charge in [0.25, 0.3) is 0 Å². The molecule has 1 fully saturated rings. The number of anilines is 1. The van der Waals surface area contributed by atoms with Gasteiger partial charge in [0, 0.05) is 24.7 Å². The van der Waals surface area contributed by atoms with E-state index in [9.17, 15) is 0 Å². The van der Waals surface area contributed by atoms with Crippen LogP contribution in [0.15, 0.2) is 18.3 Å². The zero-order valence-electron chi connectivity index (χ0n) is 10.2. The molecule has 0 spiro atoms. The number of ether oxygens (including phenoxy) is 1. The van der Waals surface area contributed by atoms with Crippen molar-refractivity contribution in [3.05, 3.63) is 18.3 Å². The lowest BCUT2D eigenvalue weighted by Gasteiger charge is -2.38. The van der Waals surface area contributed by atoms with Gasteiger partial charge in [-0.2, -0.15) is 0 Å². The summed E-state index contributed by atoms with van der Waals surface area (Å²) in [5.74, 6) is 2.51. The Bertz CT molecular complexity index is 355. The van der Waals surface area contributed by atoms with E-state index < -0.39 is 0 Å². The number of pyridine rings is 1. The molecule has 1 aromatic rings. The van der Waals surface area contributed by atoms with Crippen molar-refractivity contribution >= 4 is 17.4 Å². The Morgan fingerprint density at radius 3 is 2.94 bits per heavy atom. The van der Waals surface area contributed by atoms with Gasteiger partial charge in [-0.05, 0) is 37.8 Å². The molecule has 0 bridgehead atoms. The molecule has 1 aliphatic rings. The minimum Gasteiger partial charge on any atom is -0.493 e. The molecule has 2 rings (SSSR count). The van der Waals surface area contributed by atoms with Crippen molar-refractivity contribution in [3.63, 3.8) is 0 Å². The number of hydrogen-bond acceptors (Lipinski definition) is 3. The molecule has 0 saturated heterocycles. The van der Waals surface area contributed by atoms with E-state index in [2.05, 4.69) is 9.88 Å². The molecular weight excluding hydrogens is 236 g/mol. The Morgan fingerprint density at radius 2 is 2.35 bits per heavy atom. The van der Waals surface area contributed by atoms with Crippen molar-refractivity contribution in [1.29, 1.82) is 0 Å². The summed E-state index contributed by atoms with van der Waals surface area (Å²) in [5, 5.41) is 0. The highest BCUT2D eigenvalue weighted by atomic mass is 35.5. The first-order valence-electron chi connectivity index (χ1n) is 6.18. The lowest BCUT2D eigenvalue weighted by atomic mass is 9.91. The molecule has 3 nitrogen and oxygen atoms in total. The highest BCUT2D eigenvalue weighted by Crippen LogP contribution is 2.33. The Kier molecular flexibility index (Phi) is 4.49. The van der Waals surface area contributed by atoms with Crippen LogP contribution in [-0.4, -0.2) is 30.6 Å². The molecule has 0 amide bonds. The number of alkyl halides is 1. The molecule has 1 aliphatic carbocycles. The molecule has 1 aromatic heterocycles. The number of halogens is 1. The zero-order chi connectivity index (χ0) is 12.1. The Balaban J connectivity index is 2.17. The highest BCUT2D eigenvalue weighted by Gasteiger charge is 2.27. The van der Waals surface area contributed by atoms with E-state index in [1.807, 2.05) is 18.3 Å². The summed E-state index contributed by atoms with van der Waals surface area (Å²) in [5.41, 5.74) is 0. The number of hydrogen-bond donors (Lipinski definition) is 0. The minimum atomic E-state index is 0.613. The second kappa shape index (κ2) is 6.10. The maximum Gasteiger partial charge on any atom is 0.171 e. The largest absolute Gasteiger partial charge is 0.493 e. The highest BCUT2D eigenvalue weighted by molar-refractivity contribution is 6.17. The van der Waals surface area contributed by atoms with Crippen molar-refractivity contribution < 1.29 is 4.74 Å². The van der Waals surface area contributed by atoms with E-state index in [0.29, 0.717) is 11.9 Å². The molecule has 1 heterocycles. The van der Waals surface area contributed by atoms with Gasteiger partial charge in [0.15, 0.2) is 11.6 Å². The summed E-state index contributed by atoms with van der Waals surface area (Å²) in [4.78, 5) is 6.82. The molecule has 0 N–H and O–H groups in total. The van der Waals surface area contributed by atoms with Crippen LogP contribution in [0.2, 0.25) is 0 Å². The molecule has 0 unspecified atom stereocenters. The van der Waals surface area contributed by atoms with Gasteiger partial charge >= 0.3 is 0 Å². The van der Waals surface area contributed by atoms with Crippen LogP contribution in [-0.2, 0) is 0 Å². The molecule has 0 aliphatic heterocycles. The smallest absolute Gasteiger partial charge is 0.171 e. The van der Waals surface area contributed by atoms with Gasteiger partial charge in [0.05, 0.1) is 7.11 Å². The van der Waals surface area contributed by atoms with Gasteiger partial charge in [0.1, 0.15) is 0 Å². The van der Waals surface area contributed by atoms with Crippen molar-refractivity contribution in [2.75, 3.05) is 24.4 Å². The first-order valence-corrected chi connectivity index (χ1v) is 6.72. The van der Waals surface area contributed by atoms with Gasteiger partial charge in [0.2, 0.25) is 0 Å². The SMILES string of the molecule is COc1cccnc1N(CCCCl)C1CCC1. The molecule has 0 atom stereocenters. The summed E-state index contributed by atoms with van der Waals surface area (Å²) >= 11 is 5.79. The third-order valence-electron chi connectivity index (χ3n) is 3.29. The van der Waals surface area contributed by atoms with E-state index in [1.165, 1.54) is 19.3 Å². The number of nitrogens with zero attached hydrogens (tertiary/aromatic N) is 2. The van der Waals surface area contributed by atoms with Gasteiger partial charge in [-0.1, -0.05) is 0 Å². The molecule has 17 heavy (non-hydrogen) atoms. The van der Waals surface area contributed by atoms with Crippen LogP contribution in [0.4, 0.5) is 5.82 Å². The Morgan fingerprint density at radius 1 is 1.53 bits per heavy atom. The second-order valence-electron chi connectivity index (χ2n) is 4.35. The number of methoxy groups -OCH3 is 1. The van der Waals surface area contributed by atoms with Crippen LogP contribution in [0, 0.1) is 0 Å². The van der Waals surface area contributed by atoms with Gasteiger partial charge in [-0.15, -0.1) is 11.6 Å². The summed E-state index contributed by atoms with van der Waals surface area (Å²) < 4.78 is 5.39. The van der Waals surface area contributed by atoms with Gasteiger partial charge < -0.3 is 9.64 Å². The minimum absolute atomic E-state index is 0.613. The summed E-state index contributed by atoms with van der Waals surface area (Å²) in [6, 6.07) is 4.49. The predicted octanol–water partition coefficient (Wildman–Crippen LogP) is 3.08. The van der Waals surface area contributed by atoms with Crippen LogP contribution in [0.1, 0.15) is 25.7 Å². The summed E-state index contributed by atoms with van der Waals surface area (Å²) in [6.07, 6.45) is 6.63. The van der Waals surface area contributed by atoms with Crippen molar-refractivity contribution in [3.8, 4) is 5.75 Å². The third kappa shape index (κ3) is 2.83.